The van der Waals surface area contributed by atoms with E-state index in [1.807, 2.05) is 0 Å². The smallest absolute Gasteiger partial charge is 0.224 e. The van der Waals surface area contributed by atoms with Gasteiger partial charge in [0.1, 0.15) is 0 Å². The molecule has 0 aromatic heterocycles. The number of unbranched alkanes of at least 4 members (excludes halogenated alkanes) is 6. The lowest BCUT2D eigenvalue weighted by atomic mass is 10.1. The Balaban J connectivity index is 2.28. The van der Waals surface area contributed by atoms with Crippen molar-refractivity contribution in [1.82, 2.24) is 0 Å². The van der Waals surface area contributed by atoms with Crippen molar-refractivity contribution in [3.8, 4) is 5.75 Å². The Hall–Kier alpha value is -0.930. The molecule has 0 aliphatic rings. The number of hydrogen-bond donors (Lipinski definition) is 2. The molecular formula is C16H23Cl2NO2. The number of benzene rings is 1. The van der Waals surface area contributed by atoms with E-state index in [2.05, 4.69) is 12.2 Å². The molecule has 118 valence electrons. The summed E-state index contributed by atoms with van der Waals surface area (Å²) in [6.45, 7) is 2.20. The van der Waals surface area contributed by atoms with Crippen LogP contribution in [-0.4, -0.2) is 11.0 Å². The van der Waals surface area contributed by atoms with E-state index in [-0.39, 0.29) is 22.4 Å². The fourth-order valence-corrected chi connectivity index (χ4v) is 2.61. The summed E-state index contributed by atoms with van der Waals surface area (Å²) in [4.78, 5) is 11.8. The molecule has 1 rings (SSSR count). The summed E-state index contributed by atoms with van der Waals surface area (Å²) in [6, 6.07) is 2.93. The molecule has 0 saturated carbocycles. The zero-order chi connectivity index (χ0) is 15.7. The number of rotatable bonds is 9. The standard InChI is InChI=1S/C16H23Cl2NO2/c1-2-3-4-5-6-7-8-9-15(20)19-14-11-12(17)10-13(18)16(14)21/h10-11,21H,2-9H2,1H3,(H,19,20). The second kappa shape index (κ2) is 9.91. The van der Waals surface area contributed by atoms with Gasteiger partial charge in [0.2, 0.25) is 5.91 Å². The molecule has 0 aliphatic heterocycles. The van der Waals surface area contributed by atoms with Crippen molar-refractivity contribution in [3.63, 3.8) is 0 Å². The molecule has 0 unspecified atom stereocenters. The highest BCUT2D eigenvalue weighted by Crippen LogP contribution is 2.35. The third-order valence-electron chi connectivity index (χ3n) is 3.31. The lowest BCUT2D eigenvalue weighted by molar-refractivity contribution is -0.116. The maximum Gasteiger partial charge on any atom is 0.224 e. The van der Waals surface area contributed by atoms with Crippen LogP contribution in [0.5, 0.6) is 5.75 Å². The quantitative estimate of drug-likeness (QED) is 0.445. The average Bonchev–Trinajstić information content (AvgIpc) is 2.43. The van der Waals surface area contributed by atoms with Gasteiger partial charge < -0.3 is 10.4 Å². The number of nitrogens with one attached hydrogen (secondary N) is 1. The Labute approximate surface area is 136 Å². The fourth-order valence-electron chi connectivity index (χ4n) is 2.12. The summed E-state index contributed by atoms with van der Waals surface area (Å²) in [5.74, 6) is -0.272. The maximum atomic E-state index is 11.8. The van der Waals surface area contributed by atoms with Gasteiger partial charge in [-0.25, -0.2) is 0 Å². The molecule has 21 heavy (non-hydrogen) atoms. The van der Waals surface area contributed by atoms with E-state index in [1.54, 1.807) is 0 Å². The number of aromatic hydroxyl groups is 1. The van der Waals surface area contributed by atoms with Crippen LogP contribution >= 0.6 is 23.2 Å². The Bertz CT molecular complexity index is 464. The second-order valence-electron chi connectivity index (χ2n) is 5.20. The van der Waals surface area contributed by atoms with Crippen molar-refractivity contribution in [2.24, 2.45) is 0 Å². The van der Waals surface area contributed by atoms with Crippen molar-refractivity contribution in [2.45, 2.75) is 58.3 Å². The van der Waals surface area contributed by atoms with Crippen molar-refractivity contribution < 1.29 is 9.90 Å². The molecule has 0 fully saturated rings. The van der Waals surface area contributed by atoms with Crippen molar-refractivity contribution in [1.29, 1.82) is 0 Å². The van der Waals surface area contributed by atoms with Crippen molar-refractivity contribution in [2.75, 3.05) is 5.32 Å². The predicted octanol–water partition coefficient (Wildman–Crippen LogP) is 5.78. The first-order chi connectivity index (χ1) is 10.0. The zero-order valence-corrected chi connectivity index (χ0v) is 13.9. The molecule has 0 atom stereocenters. The Morgan fingerprint density at radius 3 is 2.38 bits per heavy atom. The number of phenolic OH excluding ortho intramolecular Hbond substituents is 1. The van der Waals surface area contributed by atoms with Gasteiger partial charge in [-0.2, -0.15) is 0 Å². The number of anilines is 1. The van der Waals surface area contributed by atoms with E-state index in [0.29, 0.717) is 11.4 Å². The molecule has 5 heteroatoms. The van der Waals surface area contributed by atoms with Gasteiger partial charge in [-0.1, -0.05) is 68.7 Å². The molecule has 1 aromatic carbocycles. The highest BCUT2D eigenvalue weighted by molar-refractivity contribution is 6.36. The molecule has 0 heterocycles. The second-order valence-corrected chi connectivity index (χ2v) is 6.05. The van der Waals surface area contributed by atoms with Gasteiger partial charge in [-0.3, -0.25) is 4.79 Å². The van der Waals surface area contributed by atoms with Gasteiger partial charge in [-0.15, -0.1) is 0 Å². The summed E-state index contributed by atoms with van der Waals surface area (Å²) < 4.78 is 0. The number of phenols is 1. The molecule has 0 aliphatic carbocycles. The summed E-state index contributed by atoms with van der Waals surface area (Å²) in [7, 11) is 0. The van der Waals surface area contributed by atoms with Crippen molar-refractivity contribution >= 4 is 34.8 Å². The largest absolute Gasteiger partial charge is 0.504 e. The summed E-state index contributed by atoms with van der Waals surface area (Å²) in [5.41, 5.74) is 0.264. The topological polar surface area (TPSA) is 49.3 Å². The Kier molecular flexibility index (Phi) is 8.55. The van der Waals surface area contributed by atoms with Crippen molar-refractivity contribution in [3.05, 3.63) is 22.2 Å². The van der Waals surface area contributed by atoms with Gasteiger partial charge in [0.15, 0.2) is 5.75 Å². The minimum Gasteiger partial charge on any atom is -0.504 e. The predicted molar refractivity (Wildman–Crippen MR) is 89.4 cm³/mol. The normalized spacial score (nSPS) is 10.6. The molecule has 0 spiro atoms. The van der Waals surface area contributed by atoms with Gasteiger partial charge in [0.05, 0.1) is 10.7 Å². The molecule has 2 N–H and O–H groups in total. The van der Waals surface area contributed by atoms with Crippen LogP contribution in [0.25, 0.3) is 0 Å². The van der Waals surface area contributed by atoms with E-state index in [1.165, 1.54) is 44.2 Å². The lowest BCUT2D eigenvalue weighted by Gasteiger charge is -2.09. The van der Waals surface area contributed by atoms with Crippen LogP contribution in [0.1, 0.15) is 58.3 Å². The van der Waals surface area contributed by atoms with Gasteiger partial charge in [-0.05, 0) is 18.6 Å². The minimum absolute atomic E-state index is 0.128. The molecule has 0 bridgehead atoms. The monoisotopic (exact) mass is 331 g/mol. The Morgan fingerprint density at radius 2 is 1.71 bits per heavy atom. The third-order valence-corrected chi connectivity index (χ3v) is 3.82. The van der Waals surface area contributed by atoms with E-state index in [0.717, 1.165) is 12.8 Å². The lowest BCUT2D eigenvalue weighted by Crippen LogP contribution is -2.11. The van der Waals surface area contributed by atoms with E-state index >= 15 is 0 Å². The van der Waals surface area contributed by atoms with Crippen LogP contribution < -0.4 is 5.32 Å². The summed E-state index contributed by atoms with van der Waals surface area (Å²) >= 11 is 11.6. The van der Waals surface area contributed by atoms with Gasteiger partial charge in [0, 0.05) is 11.4 Å². The van der Waals surface area contributed by atoms with E-state index in [4.69, 9.17) is 23.2 Å². The van der Waals surface area contributed by atoms with Crippen LogP contribution in [0, 0.1) is 0 Å². The van der Waals surface area contributed by atoms with Crippen LogP contribution in [0.4, 0.5) is 5.69 Å². The van der Waals surface area contributed by atoms with Crippen LogP contribution in [-0.2, 0) is 4.79 Å². The molecule has 0 saturated heterocycles. The van der Waals surface area contributed by atoms with Gasteiger partial charge in [0.25, 0.3) is 0 Å². The molecule has 1 aromatic rings. The SMILES string of the molecule is CCCCCCCCCC(=O)Nc1cc(Cl)cc(Cl)c1O. The zero-order valence-electron chi connectivity index (χ0n) is 12.4. The highest BCUT2D eigenvalue weighted by atomic mass is 35.5. The molecular weight excluding hydrogens is 309 g/mol. The summed E-state index contributed by atoms with van der Waals surface area (Å²) in [6.07, 6.45) is 8.56. The minimum atomic E-state index is -0.144. The summed E-state index contributed by atoms with van der Waals surface area (Å²) in [5, 5.41) is 12.9. The first-order valence-electron chi connectivity index (χ1n) is 7.52. The number of carbonyl (C=O) groups is 1. The van der Waals surface area contributed by atoms with Gasteiger partial charge >= 0.3 is 0 Å². The fraction of sp³-hybridized carbons (Fsp3) is 0.562. The highest BCUT2D eigenvalue weighted by Gasteiger charge is 2.10. The number of hydrogen-bond acceptors (Lipinski definition) is 2. The molecule has 3 nitrogen and oxygen atoms in total. The number of amides is 1. The third kappa shape index (κ3) is 7.05. The maximum absolute atomic E-state index is 11.8. The van der Waals surface area contributed by atoms with Crippen LogP contribution in [0.15, 0.2) is 12.1 Å². The molecule has 1 amide bonds. The van der Waals surface area contributed by atoms with Crippen LogP contribution in [0.3, 0.4) is 0 Å². The van der Waals surface area contributed by atoms with E-state index < -0.39 is 0 Å². The number of halogens is 2. The number of carbonyl (C=O) groups excluding carboxylic acids is 1. The average molecular weight is 332 g/mol. The van der Waals surface area contributed by atoms with E-state index in [9.17, 15) is 9.90 Å². The molecule has 0 radical (unpaired) electrons. The first-order valence-corrected chi connectivity index (χ1v) is 8.28. The first kappa shape index (κ1) is 18.1. The Morgan fingerprint density at radius 1 is 1.10 bits per heavy atom. The van der Waals surface area contributed by atoms with Crippen LogP contribution in [0.2, 0.25) is 10.0 Å².